The summed E-state index contributed by atoms with van der Waals surface area (Å²) in [5, 5.41) is 0.108. The zero-order valence-corrected chi connectivity index (χ0v) is 13.4. The molecule has 0 bridgehead atoms. The van der Waals surface area contributed by atoms with Crippen molar-refractivity contribution in [1.29, 1.82) is 0 Å². The van der Waals surface area contributed by atoms with E-state index in [1.165, 1.54) is 0 Å². The third kappa shape index (κ3) is 4.78. The number of ether oxygens (including phenoxy) is 1. The highest BCUT2D eigenvalue weighted by atomic mass is 28.4. The maximum Gasteiger partial charge on any atom is 0.330 e. The second-order valence-corrected chi connectivity index (χ2v) is 10.7. The van der Waals surface area contributed by atoms with Crippen LogP contribution in [0, 0.1) is 0 Å². The molecule has 0 N–H and O–H groups in total. The summed E-state index contributed by atoms with van der Waals surface area (Å²) in [6.07, 6.45) is 2.21. The maximum atomic E-state index is 11.2. The standard InChI is InChI=1S/C14H26O3Si/c1-9-12(11(3)16-13(15)10-2)17-18(7,8)14(4,5)6/h9-12H,1-2H2,3-8H3/t11-,12+/m1/s1. The summed E-state index contributed by atoms with van der Waals surface area (Å²) < 4.78 is 11.3. The quantitative estimate of drug-likeness (QED) is 0.320. The van der Waals surface area contributed by atoms with Crippen molar-refractivity contribution in [2.24, 2.45) is 0 Å². The summed E-state index contributed by atoms with van der Waals surface area (Å²) in [6, 6.07) is 0. The van der Waals surface area contributed by atoms with Crippen molar-refractivity contribution in [3.05, 3.63) is 25.3 Å². The first-order valence-corrected chi connectivity index (χ1v) is 9.09. The van der Waals surface area contributed by atoms with Crippen molar-refractivity contribution in [1.82, 2.24) is 0 Å². The third-order valence-electron chi connectivity index (χ3n) is 3.40. The van der Waals surface area contributed by atoms with Crippen molar-refractivity contribution in [2.45, 2.75) is 58.0 Å². The lowest BCUT2D eigenvalue weighted by atomic mass is 10.2. The monoisotopic (exact) mass is 270 g/mol. The average molecular weight is 270 g/mol. The molecule has 0 radical (unpaired) electrons. The topological polar surface area (TPSA) is 35.5 Å². The highest BCUT2D eigenvalue weighted by molar-refractivity contribution is 6.74. The number of carbonyl (C=O) groups is 1. The highest BCUT2D eigenvalue weighted by Gasteiger charge is 2.40. The Bertz CT molecular complexity index is 315. The molecule has 0 unspecified atom stereocenters. The van der Waals surface area contributed by atoms with Crippen LogP contribution in [0.1, 0.15) is 27.7 Å². The second-order valence-electron chi connectivity index (χ2n) is 5.92. The fraction of sp³-hybridized carbons (Fsp3) is 0.643. The van der Waals surface area contributed by atoms with Crippen LogP contribution in [0.25, 0.3) is 0 Å². The fourth-order valence-electron chi connectivity index (χ4n) is 1.15. The molecule has 0 aliphatic rings. The van der Waals surface area contributed by atoms with Crippen LogP contribution in [0.3, 0.4) is 0 Å². The van der Waals surface area contributed by atoms with Gasteiger partial charge in [-0.2, -0.15) is 0 Å². The van der Waals surface area contributed by atoms with Crippen LogP contribution in [-0.2, 0) is 14.0 Å². The summed E-state index contributed by atoms with van der Waals surface area (Å²) in [5.74, 6) is -0.437. The first-order valence-electron chi connectivity index (χ1n) is 6.18. The minimum Gasteiger partial charge on any atom is -0.456 e. The van der Waals surface area contributed by atoms with Gasteiger partial charge in [0.05, 0.1) is 0 Å². The minimum absolute atomic E-state index is 0.108. The van der Waals surface area contributed by atoms with Gasteiger partial charge in [0, 0.05) is 6.08 Å². The summed E-state index contributed by atoms with van der Waals surface area (Å²) >= 11 is 0. The predicted octanol–water partition coefficient (Wildman–Crippen LogP) is 3.68. The Labute approximate surface area is 112 Å². The van der Waals surface area contributed by atoms with Gasteiger partial charge in [-0.05, 0) is 25.1 Å². The number of esters is 1. The molecular weight excluding hydrogens is 244 g/mol. The van der Waals surface area contributed by atoms with Crippen LogP contribution in [0.15, 0.2) is 25.3 Å². The summed E-state index contributed by atoms with van der Waals surface area (Å²) in [4.78, 5) is 11.2. The van der Waals surface area contributed by atoms with E-state index in [1.54, 1.807) is 13.0 Å². The average Bonchev–Trinajstić information content (AvgIpc) is 2.23. The normalized spacial score (nSPS) is 15.7. The van der Waals surface area contributed by atoms with Crippen molar-refractivity contribution >= 4 is 14.3 Å². The van der Waals surface area contributed by atoms with Crippen molar-refractivity contribution in [3.63, 3.8) is 0 Å². The van der Waals surface area contributed by atoms with Gasteiger partial charge in [0.15, 0.2) is 8.32 Å². The Kier molecular flexibility index (Phi) is 6.03. The largest absolute Gasteiger partial charge is 0.456 e. The van der Waals surface area contributed by atoms with E-state index < -0.39 is 14.3 Å². The molecule has 0 aromatic heterocycles. The first-order chi connectivity index (χ1) is 8.05. The van der Waals surface area contributed by atoms with Gasteiger partial charge in [0.25, 0.3) is 0 Å². The molecule has 0 spiro atoms. The predicted molar refractivity (Wildman–Crippen MR) is 78.0 cm³/mol. The Morgan fingerprint density at radius 1 is 1.28 bits per heavy atom. The summed E-state index contributed by atoms with van der Waals surface area (Å²) in [5.41, 5.74) is 0. The Morgan fingerprint density at radius 2 is 1.78 bits per heavy atom. The molecule has 0 saturated heterocycles. The van der Waals surface area contributed by atoms with Crippen LogP contribution in [-0.4, -0.2) is 26.5 Å². The lowest BCUT2D eigenvalue weighted by molar-refractivity contribution is -0.145. The van der Waals surface area contributed by atoms with Crippen molar-refractivity contribution < 1.29 is 14.0 Å². The SMILES string of the molecule is C=CC(=O)O[C@H](C)[C@H](C=C)O[Si](C)(C)C(C)(C)C. The Morgan fingerprint density at radius 3 is 2.11 bits per heavy atom. The van der Waals surface area contributed by atoms with Gasteiger partial charge in [-0.15, -0.1) is 6.58 Å². The van der Waals surface area contributed by atoms with E-state index in [0.29, 0.717) is 0 Å². The van der Waals surface area contributed by atoms with E-state index >= 15 is 0 Å². The number of carbonyl (C=O) groups excluding carboxylic acids is 1. The van der Waals surface area contributed by atoms with Crippen LogP contribution in [0.5, 0.6) is 0 Å². The molecule has 0 fully saturated rings. The van der Waals surface area contributed by atoms with E-state index in [2.05, 4.69) is 47.0 Å². The molecular formula is C14H26O3Si. The molecule has 3 nitrogen and oxygen atoms in total. The Hall–Kier alpha value is -0.873. The smallest absolute Gasteiger partial charge is 0.330 e. The number of hydrogen-bond acceptors (Lipinski definition) is 3. The molecule has 0 amide bonds. The van der Waals surface area contributed by atoms with E-state index in [4.69, 9.17) is 9.16 Å². The molecule has 4 heteroatoms. The molecule has 0 aromatic carbocycles. The van der Waals surface area contributed by atoms with Crippen LogP contribution >= 0.6 is 0 Å². The Balaban J connectivity index is 4.75. The van der Waals surface area contributed by atoms with E-state index in [-0.39, 0.29) is 17.2 Å². The van der Waals surface area contributed by atoms with Crippen LogP contribution < -0.4 is 0 Å². The van der Waals surface area contributed by atoms with Gasteiger partial charge in [-0.25, -0.2) is 4.79 Å². The zero-order valence-electron chi connectivity index (χ0n) is 12.4. The summed E-state index contributed by atoms with van der Waals surface area (Å²) in [7, 11) is -1.90. The van der Waals surface area contributed by atoms with Gasteiger partial charge in [0.1, 0.15) is 12.2 Å². The van der Waals surface area contributed by atoms with Gasteiger partial charge in [-0.3, -0.25) is 0 Å². The number of hydrogen-bond donors (Lipinski definition) is 0. The third-order valence-corrected chi connectivity index (χ3v) is 7.87. The molecule has 104 valence electrons. The van der Waals surface area contributed by atoms with Gasteiger partial charge in [-0.1, -0.05) is 33.4 Å². The number of rotatable bonds is 6. The maximum absolute atomic E-state index is 11.2. The van der Waals surface area contributed by atoms with Gasteiger partial charge >= 0.3 is 5.97 Å². The van der Waals surface area contributed by atoms with Crippen molar-refractivity contribution in [3.8, 4) is 0 Å². The van der Waals surface area contributed by atoms with E-state index in [1.807, 2.05) is 0 Å². The lowest BCUT2D eigenvalue weighted by Gasteiger charge is -2.39. The fourth-order valence-corrected chi connectivity index (χ4v) is 2.47. The van der Waals surface area contributed by atoms with E-state index in [9.17, 15) is 4.79 Å². The van der Waals surface area contributed by atoms with Crippen LogP contribution in [0.4, 0.5) is 0 Å². The molecule has 0 aliphatic heterocycles. The highest BCUT2D eigenvalue weighted by Crippen LogP contribution is 2.37. The molecule has 0 heterocycles. The summed E-state index contributed by atoms with van der Waals surface area (Å²) in [6.45, 7) is 19.8. The van der Waals surface area contributed by atoms with Crippen molar-refractivity contribution in [2.75, 3.05) is 0 Å². The van der Waals surface area contributed by atoms with Gasteiger partial charge < -0.3 is 9.16 Å². The second kappa shape index (κ2) is 6.34. The molecule has 0 rings (SSSR count). The zero-order chi connectivity index (χ0) is 14.6. The minimum atomic E-state index is -1.90. The van der Waals surface area contributed by atoms with Gasteiger partial charge in [0.2, 0.25) is 0 Å². The first kappa shape index (κ1) is 17.1. The molecule has 2 atom stereocenters. The van der Waals surface area contributed by atoms with E-state index in [0.717, 1.165) is 6.08 Å². The van der Waals surface area contributed by atoms with Crippen LogP contribution in [0.2, 0.25) is 18.1 Å². The molecule has 0 aliphatic carbocycles. The lowest BCUT2D eigenvalue weighted by Crippen LogP contribution is -2.46. The molecule has 0 saturated carbocycles. The molecule has 0 aromatic rings. The molecule has 18 heavy (non-hydrogen) atoms.